The van der Waals surface area contributed by atoms with Crippen LogP contribution in [0.15, 0.2) is 48.2 Å². The maximum Gasteiger partial charge on any atom is 0.207 e. The minimum Gasteiger partial charge on any atom is -0.497 e. The summed E-state index contributed by atoms with van der Waals surface area (Å²) in [4.78, 5) is 4.48. The first-order valence-corrected chi connectivity index (χ1v) is 9.76. The van der Waals surface area contributed by atoms with Crippen LogP contribution >= 0.6 is 34.7 Å². The van der Waals surface area contributed by atoms with Crippen molar-refractivity contribution >= 4 is 51.6 Å². The van der Waals surface area contributed by atoms with Crippen molar-refractivity contribution < 1.29 is 10.1 Å². The fraction of sp³-hybridized carbons (Fsp3) is 0.158. The summed E-state index contributed by atoms with van der Waals surface area (Å²) in [6.07, 6.45) is 1.96. The smallest absolute Gasteiger partial charge is 0.207 e. The topological polar surface area (TPSA) is 63.7 Å². The van der Waals surface area contributed by atoms with Crippen LogP contribution in [0, 0.1) is 0 Å². The van der Waals surface area contributed by atoms with Crippen LogP contribution in [0.2, 0.25) is 10.0 Å². The van der Waals surface area contributed by atoms with E-state index in [1.54, 1.807) is 19.2 Å². The standard InChI is InChI=1S/C19H18Cl2N4OS/c1-12(22-11-13-3-6-15(26-2)7-4-13)9-18-24-19(27-25-18)23-14-5-8-16(20)17(21)10-14/h3-10,22H,11H2,1-2H3,(H,23,24,25)/p+1. The molecule has 0 amide bonds. The lowest BCUT2D eigenvalue weighted by Crippen LogP contribution is -2.79. The zero-order valence-corrected chi connectivity index (χ0v) is 17.2. The van der Waals surface area contributed by atoms with Gasteiger partial charge in [0, 0.05) is 35.8 Å². The predicted molar refractivity (Wildman–Crippen MR) is 112 cm³/mol. The molecular formula is C19H19Cl2N4OS+. The van der Waals surface area contributed by atoms with Gasteiger partial charge in [0.15, 0.2) is 5.82 Å². The van der Waals surface area contributed by atoms with E-state index in [9.17, 15) is 0 Å². The van der Waals surface area contributed by atoms with E-state index < -0.39 is 0 Å². The molecule has 0 unspecified atom stereocenters. The number of aromatic nitrogens is 2. The molecule has 0 saturated heterocycles. The molecule has 8 heteroatoms. The van der Waals surface area contributed by atoms with Gasteiger partial charge in [-0.25, -0.2) is 0 Å². The lowest BCUT2D eigenvalue weighted by atomic mass is 10.2. The third-order valence-corrected chi connectivity index (χ3v) is 5.17. The molecule has 27 heavy (non-hydrogen) atoms. The number of halogens is 2. The minimum atomic E-state index is 0.496. The summed E-state index contributed by atoms with van der Waals surface area (Å²) in [5, 5.41) is 7.04. The molecule has 3 rings (SSSR count). The summed E-state index contributed by atoms with van der Waals surface area (Å²) in [7, 11) is 1.67. The summed E-state index contributed by atoms with van der Waals surface area (Å²) in [6.45, 7) is 2.88. The molecule has 3 N–H and O–H groups in total. The van der Waals surface area contributed by atoms with E-state index in [4.69, 9.17) is 27.9 Å². The summed E-state index contributed by atoms with van der Waals surface area (Å²) in [5.74, 6) is 1.53. The van der Waals surface area contributed by atoms with Gasteiger partial charge >= 0.3 is 0 Å². The molecule has 0 saturated carbocycles. The van der Waals surface area contributed by atoms with Crippen molar-refractivity contribution in [3.8, 4) is 5.75 Å². The lowest BCUT2D eigenvalue weighted by Gasteiger charge is -2.03. The molecule has 0 aliphatic heterocycles. The van der Waals surface area contributed by atoms with Crippen molar-refractivity contribution in [2.24, 2.45) is 0 Å². The Morgan fingerprint density at radius 2 is 1.96 bits per heavy atom. The Hall–Kier alpha value is -2.12. The molecule has 0 atom stereocenters. The second-order valence-electron chi connectivity index (χ2n) is 5.86. The highest BCUT2D eigenvalue weighted by Gasteiger charge is 2.06. The average Bonchev–Trinajstić information content (AvgIpc) is 3.10. The summed E-state index contributed by atoms with van der Waals surface area (Å²) in [6, 6.07) is 13.4. The van der Waals surface area contributed by atoms with Crippen LogP contribution in [0.25, 0.3) is 6.08 Å². The van der Waals surface area contributed by atoms with Crippen molar-refractivity contribution in [2.75, 3.05) is 12.4 Å². The number of benzene rings is 2. The fourth-order valence-electron chi connectivity index (χ4n) is 2.34. The lowest BCUT2D eigenvalue weighted by molar-refractivity contribution is -0.621. The Kier molecular flexibility index (Phi) is 6.68. The minimum absolute atomic E-state index is 0.496. The van der Waals surface area contributed by atoms with Gasteiger partial charge in [0.05, 0.1) is 17.2 Å². The van der Waals surface area contributed by atoms with Gasteiger partial charge in [0.1, 0.15) is 18.0 Å². The average molecular weight is 422 g/mol. The van der Waals surface area contributed by atoms with Crippen molar-refractivity contribution in [1.82, 2.24) is 9.36 Å². The van der Waals surface area contributed by atoms with E-state index in [0.29, 0.717) is 21.0 Å². The summed E-state index contributed by atoms with van der Waals surface area (Å²) >= 11 is 13.3. The van der Waals surface area contributed by atoms with Crippen LogP contribution in [0.5, 0.6) is 5.75 Å². The van der Waals surface area contributed by atoms with Crippen LogP contribution in [0.1, 0.15) is 18.3 Å². The molecule has 5 nitrogen and oxygen atoms in total. The molecule has 0 aliphatic carbocycles. The molecule has 140 valence electrons. The van der Waals surface area contributed by atoms with Crippen molar-refractivity contribution in [3.63, 3.8) is 0 Å². The van der Waals surface area contributed by atoms with Gasteiger partial charge in [-0.15, -0.1) is 0 Å². The second-order valence-corrected chi connectivity index (χ2v) is 7.42. The van der Waals surface area contributed by atoms with Gasteiger partial charge in [0.2, 0.25) is 5.13 Å². The van der Waals surface area contributed by atoms with Gasteiger partial charge in [-0.3, -0.25) is 0 Å². The van der Waals surface area contributed by atoms with Crippen LogP contribution in [-0.4, -0.2) is 16.5 Å². The number of nitrogens with two attached hydrogens (primary N) is 1. The Labute approximate surface area is 172 Å². The molecule has 0 spiro atoms. The molecule has 0 bridgehead atoms. The van der Waals surface area contributed by atoms with Gasteiger partial charge < -0.3 is 15.4 Å². The second kappa shape index (κ2) is 9.19. The van der Waals surface area contributed by atoms with Crippen molar-refractivity contribution in [3.05, 3.63) is 69.6 Å². The number of hydrogen-bond acceptors (Lipinski definition) is 5. The fourth-order valence-corrected chi connectivity index (χ4v) is 3.21. The molecule has 0 radical (unpaired) electrons. The monoisotopic (exact) mass is 421 g/mol. The van der Waals surface area contributed by atoms with Gasteiger partial charge in [0.25, 0.3) is 0 Å². The zero-order chi connectivity index (χ0) is 19.2. The molecule has 2 aromatic carbocycles. The number of rotatable bonds is 7. The number of quaternary nitrogens is 1. The van der Waals surface area contributed by atoms with Crippen LogP contribution < -0.4 is 15.4 Å². The first-order valence-electron chi connectivity index (χ1n) is 8.24. The Morgan fingerprint density at radius 3 is 2.67 bits per heavy atom. The largest absolute Gasteiger partial charge is 0.497 e. The SMILES string of the molecule is COc1ccc(C[NH2+]C(C)=Cc2nsc(Nc3ccc(Cl)c(Cl)c3)n2)cc1. The van der Waals surface area contributed by atoms with Crippen molar-refractivity contribution in [2.45, 2.75) is 13.5 Å². The van der Waals surface area contributed by atoms with Gasteiger partial charge in [-0.2, -0.15) is 9.36 Å². The number of nitrogens with one attached hydrogen (secondary N) is 1. The highest BCUT2D eigenvalue weighted by molar-refractivity contribution is 7.09. The number of methoxy groups -OCH3 is 1. The number of ether oxygens (including phenoxy) is 1. The van der Waals surface area contributed by atoms with E-state index in [0.717, 1.165) is 23.7 Å². The van der Waals surface area contributed by atoms with Crippen LogP contribution in [0.4, 0.5) is 10.8 Å². The van der Waals surface area contributed by atoms with E-state index in [1.165, 1.54) is 17.1 Å². The highest BCUT2D eigenvalue weighted by Crippen LogP contribution is 2.27. The molecule has 1 heterocycles. The number of nitrogens with zero attached hydrogens (tertiary/aromatic N) is 2. The first-order chi connectivity index (χ1) is 13.0. The normalized spacial score (nSPS) is 11.5. The van der Waals surface area contributed by atoms with Crippen LogP contribution in [0.3, 0.4) is 0 Å². The highest BCUT2D eigenvalue weighted by atomic mass is 35.5. The van der Waals surface area contributed by atoms with E-state index in [2.05, 4.69) is 32.1 Å². The Morgan fingerprint density at radius 1 is 1.19 bits per heavy atom. The summed E-state index contributed by atoms with van der Waals surface area (Å²) in [5.41, 5.74) is 3.14. The molecule has 0 fully saturated rings. The third-order valence-electron chi connectivity index (χ3n) is 3.79. The number of hydrogen-bond donors (Lipinski definition) is 2. The Bertz CT molecular complexity index is 941. The molecule has 0 aliphatic rings. The maximum absolute atomic E-state index is 6.03. The summed E-state index contributed by atoms with van der Waals surface area (Å²) < 4.78 is 9.54. The zero-order valence-electron chi connectivity index (χ0n) is 14.9. The molecule has 3 aromatic rings. The maximum atomic E-state index is 6.03. The number of allylic oxidation sites excluding steroid dienone is 1. The molecule has 1 aromatic heterocycles. The number of anilines is 2. The molecular weight excluding hydrogens is 403 g/mol. The van der Waals surface area contributed by atoms with Crippen molar-refractivity contribution in [1.29, 1.82) is 0 Å². The van der Waals surface area contributed by atoms with E-state index in [-0.39, 0.29) is 0 Å². The quantitative estimate of drug-likeness (QED) is 0.578. The van der Waals surface area contributed by atoms with Gasteiger partial charge in [-0.05, 0) is 42.5 Å². The predicted octanol–water partition coefficient (Wildman–Crippen LogP) is 4.72. The first kappa shape index (κ1) is 19.6. The van der Waals surface area contributed by atoms with E-state index >= 15 is 0 Å². The van der Waals surface area contributed by atoms with Gasteiger partial charge in [-0.1, -0.05) is 23.2 Å². The van der Waals surface area contributed by atoms with E-state index in [1.807, 2.05) is 31.2 Å². The van der Waals surface area contributed by atoms with Crippen LogP contribution in [-0.2, 0) is 6.54 Å². The third kappa shape index (κ3) is 5.68. The Balaban J connectivity index is 1.58.